The van der Waals surface area contributed by atoms with Crippen LogP contribution < -0.4 is 9.47 Å². The Morgan fingerprint density at radius 1 is 0.889 bits per heavy atom. The molecule has 1 N–H and O–H groups in total. The van der Waals surface area contributed by atoms with Crippen molar-refractivity contribution in [1.82, 2.24) is 19.9 Å². The number of nitrogens with zero attached hydrogens (tertiary/aromatic N) is 3. The van der Waals surface area contributed by atoms with E-state index in [0.717, 1.165) is 21.6 Å². The quantitative estimate of drug-likeness (QED) is 0.255. The van der Waals surface area contributed by atoms with E-state index in [1.165, 1.54) is 4.90 Å². The fraction of sp³-hybridized carbons (Fsp3) is 0.107. The van der Waals surface area contributed by atoms with Gasteiger partial charge in [-0.1, -0.05) is 6.07 Å². The Hall–Kier alpha value is -4.30. The lowest BCUT2D eigenvalue weighted by atomic mass is 10.2. The Morgan fingerprint density at radius 2 is 1.56 bits per heavy atom. The normalized spacial score (nSPS) is 10.9. The number of aromatic nitrogens is 3. The van der Waals surface area contributed by atoms with Gasteiger partial charge >= 0.3 is 0 Å². The molecule has 5 aromatic rings. The van der Waals surface area contributed by atoms with Crippen LogP contribution in [0.4, 0.5) is 0 Å². The number of hydrogen-bond acceptors (Lipinski definition) is 6. The summed E-state index contributed by atoms with van der Waals surface area (Å²) in [4.78, 5) is 27.3. The Balaban J connectivity index is 1.52. The fourth-order valence-electron chi connectivity index (χ4n) is 3.62. The number of H-pyrrole nitrogens is 1. The molecule has 0 aliphatic carbocycles. The molecular weight excluding hydrogens is 472 g/mol. The molecule has 2 heterocycles. The number of nitrogens with one attached hydrogen (secondary N) is 1. The minimum atomic E-state index is -0.0701. The zero-order chi connectivity index (χ0) is 25.1. The molecule has 36 heavy (non-hydrogen) atoms. The van der Waals surface area contributed by atoms with Crippen molar-refractivity contribution in [2.45, 2.75) is 4.90 Å². The van der Waals surface area contributed by atoms with Crippen molar-refractivity contribution in [2.24, 2.45) is 0 Å². The van der Waals surface area contributed by atoms with Crippen molar-refractivity contribution >= 4 is 28.7 Å². The van der Waals surface area contributed by atoms with Gasteiger partial charge in [0, 0.05) is 42.9 Å². The smallest absolute Gasteiger partial charge is 0.253 e. The van der Waals surface area contributed by atoms with Crippen molar-refractivity contribution in [3.63, 3.8) is 0 Å². The van der Waals surface area contributed by atoms with Gasteiger partial charge in [-0.25, -0.2) is 4.98 Å². The standard InChI is InChI=1S/C28H24N4O3S/c1-32(2)28(33)18-7-9-19(10-8-18)34-25-16-23-24(31-27(30-23)22-6-4-5-15-29-22)17-26(25)35-20-11-13-21(36-3)14-12-20/h4-17H,1-3H3,(H,30,31). The first-order chi connectivity index (χ1) is 17.5. The highest BCUT2D eigenvalue weighted by molar-refractivity contribution is 7.98. The third-order valence-corrected chi connectivity index (χ3v) is 6.22. The molecule has 0 aliphatic heterocycles. The number of pyridine rings is 1. The Bertz CT molecular complexity index is 1500. The van der Waals surface area contributed by atoms with Crippen LogP contribution in [0.2, 0.25) is 0 Å². The summed E-state index contributed by atoms with van der Waals surface area (Å²) in [6, 6.07) is 24.3. The number of ether oxygens (including phenoxy) is 2. The lowest BCUT2D eigenvalue weighted by Gasteiger charge is -2.14. The van der Waals surface area contributed by atoms with Gasteiger partial charge in [0.15, 0.2) is 17.3 Å². The van der Waals surface area contributed by atoms with Crippen molar-refractivity contribution in [1.29, 1.82) is 0 Å². The highest BCUT2D eigenvalue weighted by Crippen LogP contribution is 2.38. The number of hydrogen-bond donors (Lipinski definition) is 1. The highest BCUT2D eigenvalue weighted by Gasteiger charge is 2.15. The summed E-state index contributed by atoms with van der Waals surface area (Å²) in [7, 11) is 3.45. The molecule has 0 radical (unpaired) electrons. The molecular formula is C28H24N4O3S. The van der Waals surface area contributed by atoms with Gasteiger partial charge in [-0.2, -0.15) is 0 Å². The molecule has 0 saturated heterocycles. The van der Waals surface area contributed by atoms with Gasteiger partial charge in [0.25, 0.3) is 5.91 Å². The lowest BCUT2D eigenvalue weighted by Crippen LogP contribution is -2.21. The first-order valence-electron chi connectivity index (χ1n) is 11.3. The van der Waals surface area contributed by atoms with Crippen LogP contribution >= 0.6 is 11.8 Å². The van der Waals surface area contributed by atoms with E-state index in [9.17, 15) is 4.79 Å². The van der Waals surface area contributed by atoms with Crippen LogP contribution in [0.3, 0.4) is 0 Å². The largest absolute Gasteiger partial charge is 0.453 e. The minimum absolute atomic E-state index is 0.0701. The molecule has 1 amide bonds. The van der Waals surface area contributed by atoms with Gasteiger partial charge in [0.2, 0.25) is 0 Å². The second-order valence-electron chi connectivity index (χ2n) is 8.22. The van der Waals surface area contributed by atoms with Crippen LogP contribution in [0.1, 0.15) is 10.4 Å². The molecule has 2 aromatic heterocycles. The molecule has 0 unspecified atom stereocenters. The van der Waals surface area contributed by atoms with Crippen molar-refractivity contribution in [3.05, 3.63) is 90.6 Å². The molecule has 7 nitrogen and oxygen atoms in total. The van der Waals surface area contributed by atoms with Gasteiger partial charge in [-0.3, -0.25) is 9.78 Å². The van der Waals surface area contributed by atoms with Gasteiger partial charge in [0.05, 0.1) is 11.0 Å². The molecule has 3 aromatic carbocycles. The Kier molecular flexibility index (Phi) is 6.60. The van der Waals surface area contributed by atoms with E-state index in [1.807, 2.05) is 60.9 Å². The maximum Gasteiger partial charge on any atom is 0.253 e. The first-order valence-corrected chi connectivity index (χ1v) is 12.5. The third kappa shape index (κ3) is 5.04. The van der Waals surface area contributed by atoms with Gasteiger partial charge < -0.3 is 19.4 Å². The summed E-state index contributed by atoms with van der Waals surface area (Å²) in [5, 5.41) is 0. The number of aromatic amines is 1. The van der Waals surface area contributed by atoms with E-state index >= 15 is 0 Å². The molecule has 0 aliphatic rings. The third-order valence-electron chi connectivity index (χ3n) is 5.48. The number of fused-ring (bicyclic) bond motifs is 1. The average molecular weight is 497 g/mol. The second kappa shape index (κ2) is 10.1. The van der Waals surface area contributed by atoms with Crippen LogP contribution in [0.15, 0.2) is 90.0 Å². The first kappa shape index (κ1) is 23.4. The zero-order valence-corrected chi connectivity index (χ0v) is 20.9. The molecule has 0 fully saturated rings. The number of amides is 1. The molecule has 0 saturated carbocycles. The summed E-state index contributed by atoms with van der Waals surface area (Å²) in [5.74, 6) is 2.89. The summed E-state index contributed by atoms with van der Waals surface area (Å²) >= 11 is 1.67. The van der Waals surface area contributed by atoms with Gasteiger partial charge in [-0.05, 0) is 66.9 Å². The van der Waals surface area contributed by atoms with Gasteiger partial charge in [0.1, 0.15) is 17.2 Å². The SMILES string of the molecule is CSc1ccc(Oc2cc3[nH]c(-c4ccccn4)nc3cc2Oc2ccc(C(=O)N(C)C)cc2)cc1. The molecule has 0 atom stereocenters. The van der Waals surface area contributed by atoms with Crippen molar-refractivity contribution < 1.29 is 14.3 Å². The van der Waals surface area contributed by atoms with Crippen LogP contribution in [0, 0.1) is 0 Å². The Labute approximate surface area is 213 Å². The predicted molar refractivity (Wildman–Crippen MR) is 142 cm³/mol. The number of imidazole rings is 1. The maximum atomic E-state index is 12.2. The predicted octanol–water partition coefficient (Wildman–Crippen LogP) is 6.63. The van der Waals surface area contributed by atoms with Crippen LogP contribution in [-0.4, -0.2) is 46.1 Å². The minimum Gasteiger partial charge on any atom is -0.453 e. The second-order valence-corrected chi connectivity index (χ2v) is 9.10. The molecule has 180 valence electrons. The van der Waals surface area contributed by atoms with Crippen molar-refractivity contribution in [2.75, 3.05) is 20.4 Å². The number of rotatable bonds is 7. The number of benzene rings is 3. The van der Waals surface area contributed by atoms with Gasteiger partial charge in [-0.15, -0.1) is 11.8 Å². The Morgan fingerprint density at radius 3 is 2.17 bits per heavy atom. The topological polar surface area (TPSA) is 80.3 Å². The number of thioether (sulfide) groups is 1. The summed E-state index contributed by atoms with van der Waals surface area (Å²) in [6.45, 7) is 0. The van der Waals surface area contributed by atoms with E-state index < -0.39 is 0 Å². The van der Waals surface area contributed by atoms with E-state index in [2.05, 4.69) is 9.97 Å². The van der Waals surface area contributed by atoms with E-state index in [4.69, 9.17) is 14.5 Å². The summed E-state index contributed by atoms with van der Waals surface area (Å²) < 4.78 is 12.5. The average Bonchev–Trinajstić information content (AvgIpc) is 3.32. The number of carbonyl (C=O) groups is 1. The zero-order valence-electron chi connectivity index (χ0n) is 20.1. The van der Waals surface area contributed by atoms with Crippen LogP contribution in [-0.2, 0) is 0 Å². The van der Waals surface area contributed by atoms with E-state index in [1.54, 1.807) is 56.3 Å². The van der Waals surface area contributed by atoms with E-state index in [-0.39, 0.29) is 5.91 Å². The molecule has 5 rings (SSSR count). The molecule has 8 heteroatoms. The number of carbonyl (C=O) groups excluding carboxylic acids is 1. The summed E-state index contributed by atoms with van der Waals surface area (Å²) in [6.07, 6.45) is 3.76. The van der Waals surface area contributed by atoms with Crippen molar-refractivity contribution in [3.8, 4) is 34.5 Å². The fourth-order valence-corrected chi connectivity index (χ4v) is 4.03. The van der Waals surface area contributed by atoms with Crippen LogP contribution in [0.5, 0.6) is 23.0 Å². The van der Waals surface area contributed by atoms with Crippen LogP contribution in [0.25, 0.3) is 22.6 Å². The monoisotopic (exact) mass is 496 g/mol. The highest BCUT2D eigenvalue weighted by atomic mass is 32.2. The molecule has 0 spiro atoms. The van der Waals surface area contributed by atoms with E-state index in [0.29, 0.717) is 34.4 Å². The lowest BCUT2D eigenvalue weighted by molar-refractivity contribution is 0.0827. The maximum absolute atomic E-state index is 12.2. The molecule has 0 bridgehead atoms. The summed E-state index contributed by atoms with van der Waals surface area (Å²) in [5.41, 5.74) is 2.84.